The van der Waals surface area contributed by atoms with Crippen molar-refractivity contribution in [1.29, 1.82) is 0 Å². The van der Waals surface area contributed by atoms with Crippen molar-refractivity contribution in [3.63, 3.8) is 0 Å². The molecule has 7 heteroatoms. The van der Waals surface area contributed by atoms with Gasteiger partial charge in [0.1, 0.15) is 10.4 Å². The third kappa shape index (κ3) is 4.69. The summed E-state index contributed by atoms with van der Waals surface area (Å²) in [5, 5.41) is 2.53. The second-order valence-corrected chi connectivity index (χ2v) is 9.50. The fraction of sp³-hybridized carbons (Fsp3) is 0.300. The summed E-state index contributed by atoms with van der Waals surface area (Å²) in [6.07, 6.45) is 2.84. The van der Waals surface area contributed by atoms with E-state index in [1.165, 1.54) is 23.5 Å². The lowest BCUT2D eigenvalue weighted by Crippen LogP contribution is -2.18. The molecule has 0 spiro atoms. The summed E-state index contributed by atoms with van der Waals surface area (Å²) in [6, 6.07) is 9.09. The summed E-state index contributed by atoms with van der Waals surface area (Å²) in [6.45, 7) is 6.39. The quantitative estimate of drug-likeness (QED) is 0.570. The zero-order chi connectivity index (χ0) is 19.6. The van der Waals surface area contributed by atoms with Crippen molar-refractivity contribution < 1.29 is 9.53 Å². The molecule has 0 radical (unpaired) electrons. The fourth-order valence-electron chi connectivity index (χ4n) is 2.52. The number of hydrogen-bond acceptors (Lipinski definition) is 4. The van der Waals surface area contributed by atoms with Crippen LogP contribution in [-0.2, 0) is 12.0 Å². The Hall–Kier alpha value is -1.89. The summed E-state index contributed by atoms with van der Waals surface area (Å²) in [4.78, 5) is 18.5. The predicted octanol–water partition coefficient (Wildman–Crippen LogP) is 5.36. The third-order valence-corrected chi connectivity index (χ3v) is 6.42. The van der Waals surface area contributed by atoms with E-state index >= 15 is 0 Å². The molecule has 1 amide bonds. The first kappa shape index (κ1) is 19.9. The summed E-state index contributed by atoms with van der Waals surface area (Å²) < 4.78 is 8.14. The molecule has 3 aromatic rings. The number of carbonyl (C=O) groups excluding carboxylic acids is 1. The van der Waals surface area contributed by atoms with E-state index in [1.807, 2.05) is 6.07 Å². The molecule has 142 valence electrons. The van der Waals surface area contributed by atoms with Crippen molar-refractivity contribution in [1.82, 2.24) is 3.96 Å². The van der Waals surface area contributed by atoms with Gasteiger partial charge in [-0.1, -0.05) is 17.7 Å². The molecule has 0 unspecified atom stereocenters. The van der Waals surface area contributed by atoms with Gasteiger partial charge in [0.25, 0.3) is 5.91 Å². The average Bonchev–Trinajstić information content (AvgIpc) is 3.25. The highest BCUT2D eigenvalue weighted by atomic mass is 35.5. The van der Waals surface area contributed by atoms with E-state index in [0.717, 1.165) is 12.0 Å². The van der Waals surface area contributed by atoms with Crippen LogP contribution in [0.5, 0.6) is 5.75 Å². The predicted molar refractivity (Wildman–Crippen MR) is 112 cm³/mol. The van der Waals surface area contributed by atoms with E-state index in [0.29, 0.717) is 21.0 Å². The lowest BCUT2D eigenvalue weighted by Gasteiger charge is -2.19. The Morgan fingerprint density at radius 3 is 2.70 bits per heavy atom. The number of hydrogen-bond donors (Lipinski definition) is 0. The van der Waals surface area contributed by atoms with E-state index in [1.54, 1.807) is 29.5 Å². The van der Waals surface area contributed by atoms with Gasteiger partial charge in [-0.25, -0.2) is 0 Å². The smallest absolute Gasteiger partial charge is 0.282 e. The number of nitrogens with zero attached hydrogens (tertiary/aromatic N) is 2. The molecule has 0 saturated carbocycles. The summed E-state index contributed by atoms with van der Waals surface area (Å²) in [5.41, 5.74) is 1.31. The van der Waals surface area contributed by atoms with Crippen molar-refractivity contribution in [2.45, 2.75) is 32.7 Å². The number of aromatic nitrogens is 1. The number of ether oxygens (including phenoxy) is 1. The molecular weight excluding hydrogens is 400 g/mol. The molecule has 0 aliphatic carbocycles. The van der Waals surface area contributed by atoms with Gasteiger partial charge in [0, 0.05) is 33.6 Å². The van der Waals surface area contributed by atoms with Gasteiger partial charge in [-0.15, -0.1) is 11.3 Å². The molecule has 2 aromatic heterocycles. The maximum Gasteiger partial charge on any atom is 0.282 e. The van der Waals surface area contributed by atoms with Crippen LogP contribution < -0.4 is 9.41 Å². The van der Waals surface area contributed by atoms with Gasteiger partial charge in [0.05, 0.1) is 12.7 Å². The molecule has 0 aliphatic heterocycles. The normalized spacial score (nSPS) is 12.4. The Balaban J connectivity index is 2.07. The number of benzene rings is 1. The van der Waals surface area contributed by atoms with E-state index in [4.69, 9.17) is 16.3 Å². The molecule has 0 fully saturated rings. The molecule has 27 heavy (non-hydrogen) atoms. The number of carbonyl (C=O) groups is 1. The lowest BCUT2D eigenvalue weighted by atomic mass is 10.1. The molecule has 0 aliphatic rings. The van der Waals surface area contributed by atoms with Gasteiger partial charge in [-0.05, 0) is 61.9 Å². The van der Waals surface area contributed by atoms with Crippen LogP contribution in [0.2, 0.25) is 5.02 Å². The molecule has 0 bridgehead atoms. The average molecular weight is 421 g/mol. The van der Waals surface area contributed by atoms with Crippen molar-refractivity contribution in [3.8, 4) is 5.75 Å². The van der Waals surface area contributed by atoms with Gasteiger partial charge in [-0.2, -0.15) is 4.99 Å². The SMILES string of the molecule is COc1ccc(Cl)cc1C(=O)N=c1sn(C(C)(C)C)cc1Cc1cccs1. The maximum absolute atomic E-state index is 12.9. The molecule has 0 N–H and O–H groups in total. The first-order valence-corrected chi connectivity index (χ1v) is 10.5. The number of methoxy groups -OCH3 is 1. The highest BCUT2D eigenvalue weighted by Crippen LogP contribution is 2.24. The van der Waals surface area contributed by atoms with E-state index < -0.39 is 0 Å². The van der Waals surface area contributed by atoms with Gasteiger partial charge >= 0.3 is 0 Å². The number of amides is 1. The first-order valence-electron chi connectivity index (χ1n) is 8.45. The van der Waals surface area contributed by atoms with Crippen LogP contribution in [0.3, 0.4) is 0 Å². The Bertz CT molecular complexity index is 1010. The highest BCUT2D eigenvalue weighted by Gasteiger charge is 2.18. The molecule has 4 nitrogen and oxygen atoms in total. The Morgan fingerprint density at radius 1 is 1.30 bits per heavy atom. The van der Waals surface area contributed by atoms with Crippen LogP contribution in [0, 0.1) is 0 Å². The number of halogens is 1. The summed E-state index contributed by atoms with van der Waals surface area (Å²) in [7, 11) is 1.53. The highest BCUT2D eigenvalue weighted by molar-refractivity contribution is 7.10. The van der Waals surface area contributed by atoms with Crippen LogP contribution in [0.4, 0.5) is 0 Å². The lowest BCUT2D eigenvalue weighted by molar-refractivity contribution is 0.0996. The van der Waals surface area contributed by atoms with Crippen molar-refractivity contribution in [2.75, 3.05) is 7.11 Å². The third-order valence-electron chi connectivity index (χ3n) is 3.93. The van der Waals surface area contributed by atoms with Crippen molar-refractivity contribution in [2.24, 2.45) is 4.99 Å². The molecule has 3 rings (SSSR count). The Morgan fingerprint density at radius 2 is 2.07 bits per heavy atom. The minimum Gasteiger partial charge on any atom is -0.496 e. The Labute approximate surface area is 171 Å². The molecular formula is C20H21ClN2O2S2. The van der Waals surface area contributed by atoms with Crippen LogP contribution in [-0.4, -0.2) is 17.0 Å². The van der Waals surface area contributed by atoms with Crippen LogP contribution in [0.1, 0.15) is 41.6 Å². The van der Waals surface area contributed by atoms with Gasteiger partial charge < -0.3 is 4.74 Å². The summed E-state index contributed by atoms with van der Waals surface area (Å²) >= 11 is 9.25. The number of thiophene rings is 1. The first-order chi connectivity index (χ1) is 12.8. The second kappa shape index (κ2) is 8.00. The Kier molecular flexibility index (Phi) is 5.89. The minimum absolute atomic E-state index is 0.0839. The van der Waals surface area contributed by atoms with Crippen LogP contribution >= 0.6 is 34.5 Å². The van der Waals surface area contributed by atoms with Gasteiger partial charge in [0.2, 0.25) is 0 Å². The standard InChI is InChI=1S/C20H21ClN2O2S2/c1-20(2,3)23-12-13(10-15-6-5-9-26-15)19(27-23)22-18(24)16-11-14(21)7-8-17(16)25-4/h5-9,11-12H,10H2,1-4H3. The topological polar surface area (TPSA) is 43.6 Å². The fourth-order valence-corrected chi connectivity index (χ4v) is 4.43. The molecule has 0 atom stereocenters. The number of rotatable bonds is 4. The van der Waals surface area contributed by atoms with Crippen molar-refractivity contribution in [3.05, 3.63) is 67.6 Å². The largest absolute Gasteiger partial charge is 0.496 e. The van der Waals surface area contributed by atoms with Crippen LogP contribution in [0.15, 0.2) is 46.9 Å². The maximum atomic E-state index is 12.9. The zero-order valence-electron chi connectivity index (χ0n) is 15.7. The van der Waals surface area contributed by atoms with E-state index in [2.05, 4.69) is 47.4 Å². The monoisotopic (exact) mass is 420 g/mol. The van der Waals surface area contributed by atoms with Gasteiger partial charge in [0.15, 0.2) is 0 Å². The molecule has 0 saturated heterocycles. The van der Waals surface area contributed by atoms with Crippen LogP contribution in [0.25, 0.3) is 0 Å². The van der Waals surface area contributed by atoms with E-state index in [9.17, 15) is 4.79 Å². The van der Waals surface area contributed by atoms with Crippen molar-refractivity contribution >= 4 is 40.4 Å². The van der Waals surface area contributed by atoms with E-state index in [-0.39, 0.29) is 11.4 Å². The zero-order valence-corrected chi connectivity index (χ0v) is 18.0. The summed E-state index contributed by atoms with van der Waals surface area (Å²) in [5.74, 6) is 0.109. The molecule has 2 heterocycles. The molecule has 1 aromatic carbocycles. The second-order valence-electron chi connectivity index (χ2n) is 7.07. The van der Waals surface area contributed by atoms with Gasteiger partial charge in [-0.3, -0.25) is 8.75 Å². The minimum atomic E-state index is -0.357.